The van der Waals surface area contributed by atoms with E-state index in [1.807, 2.05) is 37.3 Å². The number of nitrogens with one attached hydrogen (secondary N) is 1. The van der Waals surface area contributed by atoms with E-state index in [-0.39, 0.29) is 34.1 Å². The van der Waals surface area contributed by atoms with E-state index in [4.69, 9.17) is 42.1 Å². The lowest BCUT2D eigenvalue weighted by Gasteiger charge is -2.12. The summed E-state index contributed by atoms with van der Waals surface area (Å²) in [7, 11) is 1.57. The second-order valence-corrected chi connectivity index (χ2v) is 10.6. The fourth-order valence-electron chi connectivity index (χ4n) is 4.67. The molecule has 0 atom stereocenters. The number of methoxy groups -OCH3 is 1. The average Bonchev–Trinajstić information content (AvgIpc) is 3.46. The van der Waals surface area contributed by atoms with Crippen LogP contribution in [0.3, 0.4) is 0 Å². The van der Waals surface area contributed by atoms with E-state index in [9.17, 15) is 9.59 Å². The lowest BCUT2D eigenvalue weighted by atomic mass is 10.2. The van der Waals surface area contributed by atoms with Crippen LogP contribution in [0.2, 0.25) is 10.0 Å². The molecule has 220 valence electrons. The van der Waals surface area contributed by atoms with Gasteiger partial charge in [-0.25, -0.2) is 4.98 Å². The highest BCUT2D eigenvalue weighted by Crippen LogP contribution is 2.35. The molecule has 1 N–H and O–H groups in total. The van der Waals surface area contributed by atoms with E-state index in [0.29, 0.717) is 39.2 Å². The molecule has 0 spiro atoms. The first-order valence-electron chi connectivity index (χ1n) is 13.4. The molecule has 0 fully saturated rings. The van der Waals surface area contributed by atoms with Gasteiger partial charge in [0.25, 0.3) is 11.5 Å². The molecule has 1 amide bonds. The number of aryl methyl sites for hydroxylation is 1. The number of amides is 1. The van der Waals surface area contributed by atoms with Gasteiger partial charge in [0.1, 0.15) is 11.3 Å². The number of carbonyl (C=O) groups excluding carboxylic acids is 1. The third kappa shape index (κ3) is 5.75. The van der Waals surface area contributed by atoms with Crippen LogP contribution in [-0.4, -0.2) is 35.5 Å². The normalized spacial score (nSPS) is 11.4. The third-order valence-corrected chi connectivity index (χ3v) is 7.39. The van der Waals surface area contributed by atoms with Gasteiger partial charge >= 0.3 is 0 Å². The molecule has 0 aliphatic carbocycles. The Balaban J connectivity index is 1.31. The monoisotopic (exact) mass is 626 g/mol. The van der Waals surface area contributed by atoms with Gasteiger partial charge in [-0.1, -0.05) is 59.6 Å². The maximum atomic E-state index is 13.6. The minimum absolute atomic E-state index is 0.145. The van der Waals surface area contributed by atoms with Crippen LogP contribution < -0.4 is 20.3 Å². The predicted octanol–water partition coefficient (Wildman–Crippen LogP) is 7.33. The number of carbonyl (C=O) groups is 1. The van der Waals surface area contributed by atoms with E-state index >= 15 is 0 Å². The summed E-state index contributed by atoms with van der Waals surface area (Å²) in [6.07, 6.45) is 1.43. The van der Waals surface area contributed by atoms with Gasteiger partial charge in [-0.05, 0) is 66.6 Å². The number of aromatic nitrogens is 2. The van der Waals surface area contributed by atoms with Crippen LogP contribution in [0.1, 0.15) is 11.1 Å². The molecule has 2 aromatic heterocycles. The highest BCUT2D eigenvalue weighted by Gasteiger charge is 2.18. The lowest BCUT2D eigenvalue weighted by Crippen LogP contribution is -2.21. The number of nitrogens with zero attached hydrogens (tertiary/aromatic N) is 3. The number of fused-ring (bicyclic) bond motifs is 2. The van der Waals surface area contributed by atoms with E-state index < -0.39 is 5.56 Å². The first-order chi connectivity index (χ1) is 21.3. The van der Waals surface area contributed by atoms with Crippen molar-refractivity contribution in [1.82, 2.24) is 9.66 Å². The standard InChI is InChI=1S/C33H24Cl2N4O5/c1-19-8-3-5-10-25(19)37-30(40)18-43-31-23(34)14-20(15-24(31)35)17-36-39-32(38-26-11-6-4-9-21(26)33(39)41)29-16-22-27(42-2)12-7-13-28(22)44-29/h3-17H,18H2,1-2H3,(H,37,40). The average molecular weight is 627 g/mol. The van der Waals surface area contributed by atoms with Crippen LogP contribution in [0.5, 0.6) is 11.5 Å². The molecule has 0 saturated heterocycles. The fourth-order valence-corrected chi connectivity index (χ4v) is 5.28. The summed E-state index contributed by atoms with van der Waals surface area (Å²) in [6, 6.07) is 24.7. The van der Waals surface area contributed by atoms with Gasteiger partial charge < -0.3 is 19.2 Å². The number of rotatable bonds is 8. The van der Waals surface area contributed by atoms with Crippen molar-refractivity contribution in [3.63, 3.8) is 0 Å². The molecule has 0 unspecified atom stereocenters. The van der Waals surface area contributed by atoms with Gasteiger partial charge in [-0.2, -0.15) is 9.78 Å². The maximum Gasteiger partial charge on any atom is 0.282 e. The van der Waals surface area contributed by atoms with Gasteiger partial charge in [0.05, 0.1) is 39.7 Å². The highest BCUT2D eigenvalue weighted by atomic mass is 35.5. The molecule has 6 aromatic rings. The van der Waals surface area contributed by atoms with Gasteiger partial charge in [0.2, 0.25) is 5.82 Å². The number of hydrogen-bond acceptors (Lipinski definition) is 7. The highest BCUT2D eigenvalue weighted by molar-refractivity contribution is 6.37. The first kappa shape index (κ1) is 29.0. The van der Waals surface area contributed by atoms with E-state index in [0.717, 1.165) is 15.6 Å². The van der Waals surface area contributed by atoms with Crippen LogP contribution in [0.15, 0.2) is 99.2 Å². The Labute approximate surface area is 261 Å². The molecule has 0 radical (unpaired) electrons. The topological polar surface area (TPSA) is 108 Å². The second kappa shape index (κ2) is 12.2. The summed E-state index contributed by atoms with van der Waals surface area (Å²) < 4.78 is 18.3. The zero-order valence-electron chi connectivity index (χ0n) is 23.5. The third-order valence-electron chi connectivity index (χ3n) is 6.83. The smallest absolute Gasteiger partial charge is 0.282 e. The zero-order valence-corrected chi connectivity index (χ0v) is 25.0. The van der Waals surface area contributed by atoms with Crippen LogP contribution >= 0.6 is 23.2 Å². The van der Waals surface area contributed by atoms with Crippen molar-refractivity contribution in [3.05, 3.63) is 116 Å². The molecule has 9 nitrogen and oxygen atoms in total. The van der Waals surface area contributed by atoms with Crippen molar-refractivity contribution >= 4 is 62.9 Å². The molecule has 44 heavy (non-hydrogen) atoms. The minimum Gasteiger partial charge on any atom is -0.496 e. The Morgan fingerprint density at radius 1 is 1.00 bits per heavy atom. The number of hydrogen-bond donors (Lipinski definition) is 1. The Morgan fingerprint density at radius 2 is 1.75 bits per heavy atom. The second-order valence-electron chi connectivity index (χ2n) is 9.76. The maximum absolute atomic E-state index is 13.6. The fraction of sp³-hybridized carbons (Fsp3) is 0.0909. The Hall–Kier alpha value is -5.12. The van der Waals surface area contributed by atoms with Crippen molar-refractivity contribution in [2.75, 3.05) is 19.0 Å². The molecule has 0 aliphatic rings. The molecular formula is C33H24Cl2N4O5. The van der Waals surface area contributed by atoms with E-state index in [1.165, 1.54) is 6.21 Å². The molecule has 6 rings (SSSR count). The summed E-state index contributed by atoms with van der Waals surface area (Å²) in [6.45, 7) is 1.59. The number of furan rings is 1. The Kier molecular flexibility index (Phi) is 8.06. The zero-order chi connectivity index (χ0) is 30.8. The van der Waals surface area contributed by atoms with Crippen LogP contribution in [0, 0.1) is 6.92 Å². The quantitative estimate of drug-likeness (QED) is 0.177. The largest absolute Gasteiger partial charge is 0.496 e. The number of benzene rings is 4. The Morgan fingerprint density at radius 3 is 2.52 bits per heavy atom. The lowest BCUT2D eigenvalue weighted by molar-refractivity contribution is -0.118. The van der Waals surface area contributed by atoms with Crippen LogP contribution in [-0.2, 0) is 4.79 Å². The number of para-hydroxylation sites is 2. The summed E-state index contributed by atoms with van der Waals surface area (Å²) in [5.74, 6) is 0.922. The molecular weight excluding hydrogens is 603 g/mol. The van der Waals surface area contributed by atoms with E-state index in [1.54, 1.807) is 61.7 Å². The van der Waals surface area contributed by atoms with Crippen LogP contribution in [0.4, 0.5) is 5.69 Å². The molecule has 4 aromatic carbocycles. The minimum atomic E-state index is -0.397. The van der Waals surface area contributed by atoms with Crippen molar-refractivity contribution in [1.29, 1.82) is 0 Å². The van der Waals surface area contributed by atoms with Gasteiger partial charge in [-0.15, -0.1) is 0 Å². The van der Waals surface area contributed by atoms with Crippen molar-refractivity contribution < 1.29 is 18.7 Å². The summed E-state index contributed by atoms with van der Waals surface area (Å²) in [4.78, 5) is 30.8. The van der Waals surface area contributed by atoms with Crippen molar-refractivity contribution in [2.45, 2.75) is 6.92 Å². The molecule has 0 aliphatic heterocycles. The molecule has 0 bridgehead atoms. The van der Waals surface area contributed by atoms with Gasteiger partial charge in [0, 0.05) is 5.69 Å². The first-order valence-corrected chi connectivity index (χ1v) is 14.2. The Bertz CT molecular complexity index is 2110. The molecule has 0 saturated carbocycles. The SMILES string of the molecule is COc1cccc2oc(-c3nc4ccccc4c(=O)n3N=Cc3cc(Cl)c(OCC(=O)Nc4ccccc4C)c(Cl)c3)cc12. The van der Waals surface area contributed by atoms with Crippen LogP contribution in [0.25, 0.3) is 33.5 Å². The summed E-state index contributed by atoms with van der Waals surface area (Å²) in [5, 5.41) is 8.69. The van der Waals surface area contributed by atoms with E-state index in [2.05, 4.69) is 10.4 Å². The van der Waals surface area contributed by atoms with Crippen molar-refractivity contribution in [3.8, 4) is 23.1 Å². The summed E-state index contributed by atoms with van der Waals surface area (Å²) >= 11 is 13.0. The molecule has 2 heterocycles. The van der Waals surface area contributed by atoms with Gasteiger partial charge in [0.15, 0.2) is 18.1 Å². The number of halogens is 2. The summed E-state index contributed by atoms with van der Waals surface area (Å²) in [5.41, 5.74) is 2.75. The van der Waals surface area contributed by atoms with Gasteiger partial charge in [-0.3, -0.25) is 9.59 Å². The number of ether oxygens (including phenoxy) is 2. The number of anilines is 1. The predicted molar refractivity (Wildman–Crippen MR) is 173 cm³/mol. The van der Waals surface area contributed by atoms with Crippen molar-refractivity contribution in [2.24, 2.45) is 5.10 Å². The molecule has 11 heteroatoms.